The van der Waals surface area contributed by atoms with Gasteiger partial charge in [0.15, 0.2) is 0 Å². The summed E-state index contributed by atoms with van der Waals surface area (Å²) in [6, 6.07) is 4.03. The maximum absolute atomic E-state index is 12.9. The van der Waals surface area contributed by atoms with E-state index in [1.54, 1.807) is 0 Å². The van der Waals surface area contributed by atoms with Crippen LogP contribution in [0.5, 0.6) is 0 Å². The van der Waals surface area contributed by atoms with Crippen molar-refractivity contribution in [1.82, 2.24) is 15.5 Å². The molecule has 1 N–H and O–H groups in total. The summed E-state index contributed by atoms with van der Waals surface area (Å²) in [4.78, 5) is 0. The van der Waals surface area contributed by atoms with Gasteiger partial charge in [-0.1, -0.05) is 29.8 Å². The molecule has 0 saturated carbocycles. The van der Waals surface area contributed by atoms with Crippen LogP contribution in [0, 0.1) is 0 Å². The molecule has 0 unspecified atom stereocenters. The van der Waals surface area contributed by atoms with Gasteiger partial charge in [-0.2, -0.15) is 13.2 Å². The lowest BCUT2D eigenvalue weighted by Gasteiger charge is -2.09. The number of hydrogen-bond acceptors (Lipinski definition) is 4. The van der Waals surface area contributed by atoms with Gasteiger partial charge in [-0.15, -0.1) is 10.2 Å². The maximum atomic E-state index is 12.9. The van der Waals surface area contributed by atoms with Crippen molar-refractivity contribution in [3.05, 3.63) is 34.1 Å². The van der Waals surface area contributed by atoms with Crippen molar-refractivity contribution in [2.45, 2.75) is 32.6 Å². The molecule has 114 valence electrons. The smallest absolute Gasteiger partial charge is 0.417 e. The van der Waals surface area contributed by atoms with Gasteiger partial charge in [0.1, 0.15) is 0 Å². The predicted octanol–water partition coefficient (Wildman–Crippen LogP) is 4.02. The molecule has 1 aromatic carbocycles. The van der Waals surface area contributed by atoms with Gasteiger partial charge in [0.25, 0.3) is 0 Å². The Morgan fingerprint density at radius 1 is 1.29 bits per heavy atom. The molecule has 8 heteroatoms. The first-order chi connectivity index (χ1) is 9.77. The average molecular weight is 364 g/mol. The van der Waals surface area contributed by atoms with Gasteiger partial charge < -0.3 is 9.73 Å². The van der Waals surface area contributed by atoms with Gasteiger partial charge in [0, 0.05) is 16.1 Å². The van der Waals surface area contributed by atoms with Crippen LogP contribution in [0.1, 0.15) is 25.3 Å². The third-order valence-electron chi connectivity index (χ3n) is 2.65. The van der Waals surface area contributed by atoms with E-state index >= 15 is 0 Å². The van der Waals surface area contributed by atoms with Crippen molar-refractivity contribution >= 4 is 15.9 Å². The summed E-state index contributed by atoms with van der Waals surface area (Å²) in [5.41, 5.74) is -0.547. The largest absolute Gasteiger partial charge is 0.419 e. The Balaban J connectivity index is 2.26. The number of hydrogen-bond donors (Lipinski definition) is 1. The number of rotatable bonds is 4. The molecule has 0 amide bonds. The Morgan fingerprint density at radius 3 is 2.62 bits per heavy atom. The van der Waals surface area contributed by atoms with E-state index in [2.05, 4.69) is 31.4 Å². The standard InChI is InChI=1S/C13H13BrF3N3O/c1-7(2)18-6-11-19-20-12(21-11)8-3-4-10(14)9(5-8)13(15,16)17/h3-5,7,18H,6H2,1-2H3. The second-order valence-electron chi connectivity index (χ2n) is 4.73. The summed E-state index contributed by atoms with van der Waals surface area (Å²) >= 11 is 2.89. The lowest BCUT2D eigenvalue weighted by atomic mass is 10.1. The Labute approximate surface area is 127 Å². The summed E-state index contributed by atoms with van der Waals surface area (Å²) in [7, 11) is 0. The molecule has 0 bridgehead atoms. The zero-order valence-corrected chi connectivity index (χ0v) is 12.9. The first-order valence-corrected chi connectivity index (χ1v) is 6.99. The van der Waals surface area contributed by atoms with Crippen LogP contribution >= 0.6 is 15.9 Å². The Hall–Kier alpha value is -1.41. The SMILES string of the molecule is CC(C)NCc1nnc(-c2ccc(Br)c(C(F)(F)F)c2)o1. The predicted molar refractivity (Wildman–Crippen MR) is 74.4 cm³/mol. The molecule has 0 aliphatic carbocycles. The molecule has 2 rings (SSSR count). The quantitative estimate of drug-likeness (QED) is 0.891. The molecule has 0 atom stereocenters. The van der Waals surface area contributed by atoms with Crippen molar-refractivity contribution in [2.75, 3.05) is 0 Å². The highest BCUT2D eigenvalue weighted by molar-refractivity contribution is 9.10. The molecule has 0 radical (unpaired) electrons. The summed E-state index contributed by atoms with van der Waals surface area (Å²) in [6.45, 7) is 4.29. The van der Waals surface area contributed by atoms with Gasteiger partial charge in [0.05, 0.1) is 12.1 Å². The summed E-state index contributed by atoms with van der Waals surface area (Å²) in [6.07, 6.45) is -4.45. The highest BCUT2D eigenvalue weighted by Gasteiger charge is 2.33. The first kappa shape index (κ1) is 16.0. The molecule has 21 heavy (non-hydrogen) atoms. The van der Waals surface area contributed by atoms with Gasteiger partial charge in [0.2, 0.25) is 11.8 Å². The minimum atomic E-state index is -4.45. The lowest BCUT2D eigenvalue weighted by Crippen LogP contribution is -2.21. The maximum Gasteiger partial charge on any atom is 0.417 e. The first-order valence-electron chi connectivity index (χ1n) is 6.20. The fourth-order valence-corrected chi connectivity index (χ4v) is 2.08. The second kappa shape index (κ2) is 6.15. The molecule has 0 fully saturated rings. The fourth-order valence-electron chi connectivity index (χ4n) is 1.61. The molecule has 0 aliphatic heterocycles. The van der Waals surface area contributed by atoms with Gasteiger partial charge >= 0.3 is 6.18 Å². The highest BCUT2D eigenvalue weighted by Crippen LogP contribution is 2.37. The number of nitrogens with one attached hydrogen (secondary N) is 1. The van der Waals surface area contributed by atoms with Crippen LogP contribution < -0.4 is 5.32 Å². The molecular formula is C13H13BrF3N3O. The van der Waals surface area contributed by atoms with E-state index in [0.717, 1.165) is 6.07 Å². The normalized spacial score (nSPS) is 12.1. The monoisotopic (exact) mass is 363 g/mol. The second-order valence-corrected chi connectivity index (χ2v) is 5.58. The van der Waals surface area contributed by atoms with Crippen LogP contribution in [0.25, 0.3) is 11.5 Å². The van der Waals surface area contributed by atoms with Crippen molar-refractivity contribution in [2.24, 2.45) is 0 Å². The summed E-state index contributed by atoms with van der Waals surface area (Å²) in [5, 5.41) is 10.7. The van der Waals surface area contributed by atoms with E-state index in [1.807, 2.05) is 13.8 Å². The topological polar surface area (TPSA) is 51.0 Å². The van der Waals surface area contributed by atoms with E-state index < -0.39 is 11.7 Å². The summed E-state index contributed by atoms with van der Waals surface area (Å²) in [5.74, 6) is 0.392. The molecule has 1 aromatic heterocycles. The molecular weight excluding hydrogens is 351 g/mol. The van der Waals surface area contributed by atoms with Crippen LogP contribution in [0.2, 0.25) is 0 Å². The van der Waals surface area contributed by atoms with Gasteiger partial charge in [-0.05, 0) is 18.2 Å². The van der Waals surface area contributed by atoms with Crippen molar-refractivity contribution in [3.8, 4) is 11.5 Å². The van der Waals surface area contributed by atoms with E-state index in [4.69, 9.17) is 4.42 Å². The third kappa shape index (κ3) is 4.04. The van der Waals surface area contributed by atoms with E-state index in [-0.39, 0.29) is 22.0 Å². The van der Waals surface area contributed by atoms with Crippen molar-refractivity contribution in [1.29, 1.82) is 0 Å². The zero-order valence-electron chi connectivity index (χ0n) is 11.3. The number of nitrogens with zero attached hydrogens (tertiary/aromatic N) is 2. The molecule has 4 nitrogen and oxygen atoms in total. The van der Waals surface area contributed by atoms with E-state index in [9.17, 15) is 13.2 Å². The van der Waals surface area contributed by atoms with Crippen LogP contribution in [0.4, 0.5) is 13.2 Å². The number of alkyl halides is 3. The zero-order chi connectivity index (χ0) is 15.6. The summed E-state index contributed by atoms with van der Waals surface area (Å²) < 4.78 is 43.9. The Kier molecular flexibility index (Phi) is 4.67. The Bertz CT molecular complexity index is 625. The average Bonchev–Trinajstić information content (AvgIpc) is 2.84. The van der Waals surface area contributed by atoms with Crippen molar-refractivity contribution < 1.29 is 17.6 Å². The number of aromatic nitrogens is 2. The Morgan fingerprint density at radius 2 is 2.00 bits per heavy atom. The fraction of sp³-hybridized carbons (Fsp3) is 0.385. The molecule has 2 aromatic rings. The van der Waals surface area contributed by atoms with Gasteiger partial charge in [-0.3, -0.25) is 0 Å². The van der Waals surface area contributed by atoms with Crippen molar-refractivity contribution in [3.63, 3.8) is 0 Å². The molecule has 0 spiro atoms. The lowest BCUT2D eigenvalue weighted by molar-refractivity contribution is -0.138. The third-order valence-corrected chi connectivity index (χ3v) is 3.34. The minimum Gasteiger partial charge on any atom is -0.419 e. The molecule has 0 saturated heterocycles. The van der Waals surface area contributed by atoms with E-state index in [0.29, 0.717) is 12.4 Å². The van der Waals surface area contributed by atoms with Crippen LogP contribution in [0.3, 0.4) is 0 Å². The van der Waals surface area contributed by atoms with Gasteiger partial charge in [-0.25, -0.2) is 0 Å². The van der Waals surface area contributed by atoms with Crippen LogP contribution in [0.15, 0.2) is 27.1 Å². The molecule has 0 aliphatic rings. The molecule has 1 heterocycles. The van der Waals surface area contributed by atoms with Crippen LogP contribution in [-0.4, -0.2) is 16.2 Å². The van der Waals surface area contributed by atoms with Crippen LogP contribution in [-0.2, 0) is 12.7 Å². The van der Waals surface area contributed by atoms with E-state index in [1.165, 1.54) is 12.1 Å². The minimum absolute atomic E-state index is 0.0278. The number of benzene rings is 1. The highest BCUT2D eigenvalue weighted by atomic mass is 79.9. The number of halogens is 4.